The zero-order valence-electron chi connectivity index (χ0n) is 23.9. The molecule has 0 atom stereocenters. The highest BCUT2D eigenvalue weighted by Gasteiger charge is 2.42. The molecule has 2 fully saturated rings. The highest BCUT2D eigenvalue weighted by molar-refractivity contribution is 5.67. The lowest BCUT2D eigenvalue weighted by Gasteiger charge is -2.35. The van der Waals surface area contributed by atoms with E-state index in [1.165, 1.54) is 4.68 Å². The zero-order chi connectivity index (χ0) is 35.0. The van der Waals surface area contributed by atoms with Gasteiger partial charge in [-0.3, -0.25) is 30.0 Å². The van der Waals surface area contributed by atoms with Crippen LogP contribution in [0.1, 0.15) is 43.1 Å². The molecule has 4 aromatic heterocycles. The summed E-state index contributed by atoms with van der Waals surface area (Å²) >= 11 is 0. The minimum Gasteiger partial charge on any atom is -0.348 e. The Balaban J connectivity index is 0.000000206. The van der Waals surface area contributed by atoms with Crippen LogP contribution in [0.5, 0.6) is 0 Å². The quantitative estimate of drug-likeness (QED) is 0.140. The van der Waals surface area contributed by atoms with Crippen LogP contribution in [-0.2, 0) is 21.8 Å². The molecule has 1 spiro atoms. The van der Waals surface area contributed by atoms with Gasteiger partial charge in [0.1, 0.15) is 35.2 Å². The lowest BCUT2D eigenvalue weighted by Crippen LogP contribution is -2.35. The topological polar surface area (TPSA) is 177 Å². The summed E-state index contributed by atoms with van der Waals surface area (Å²) in [5.41, 5.74) is -6.64. The second-order valence-corrected chi connectivity index (χ2v) is 10.4. The Morgan fingerprint density at radius 2 is 1.33 bits per heavy atom. The maximum absolute atomic E-state index is 14.2. The number of alkyl halides is 6. The SMILES string of the molecule is O=[N+]([O-])c1cn(C2CCC3(CC2)OCCO3)nc1-c1nc(C(F)(F)F)ccc1F.O=[N+]([O-])c1cn[nH]c1-c1nc(C(F)(F)F)ccc1F. The van der Waals surface area contributed by atoms with Crippen LogP contribution in [0.15, 0.2) is 36.7 Å². The third kappa shape index (κ3) is 7.07. The largest absolute Gasteiger partial charge is 0.433 e. The molecule has 22 heteroatoms. The summed E-state index contributed by atoms with van der Waals surface area (Å²) in [7, 11) is 0. The van der Waals surface area contributed by atoms with Gasteiger partial charge < -0.3 is 9.47 Å². The number of aromatic amines is 1. The molecule has 48 heavy (non-hydrogen) atoms. The van der Waals surface area contributed by atoms with E-state index in [1.807, 2.05) is 0 Å². The Bertz CT molecular complexity index is 1830. The van der Waals surface area contributed by atoms with Gasteiger partial charge in [0.05, 0.1) is 29.1 Å². The monoisotopic (exact) mass is 692 g/mol. The molecular weight excluding hydrogens is 672 g/mol. The van der Waals surface area contributed by atoms with Crippen LogP contribution in [0.25, 0.3) is 22.8 Å². The normalized spacial score (nSPS) is 16.5. The molecule has 0 aromatic carbocycles. The molecule has 1 N–H and O–H groups in total. The van der Waals surface area contributed by atoms with E-state index in [0.29, 0.717) is 63.2 Å². The van der Waals surface area contributed by atoms with E-state index in [2.05, 4.69) is 25.3 Å². The van der Waals surface area contributed by atoms with Gasteiger partial charge in [-0.1, -0.05) is 0 Å². The van der Waals surface area contributed by atoms with Crippen LogP contribution in [0, 0.1) is 31.9 Å². The number of hydrogen-bond acceptors (Lipinski definition) is 10. The van der Waals surface area contributed by atoms with Crippen molar-refractivity contribution in [1.29, 1.82) is 0 Å². The van der Waals surface area contributed by atoms with Crippen LogP contribution in [-0.4, -0.2) is 58.8 Å². The van der Waals surface area contributed by atoms with Gasteiger partial charge in [-0.25, -0.2) is 18.7 Å². The highest BCUT2D eigenvalue weighted by atomic mass is 19.4. The number of nitrogens with one attached hydrogen (secondary N) is 1. The van der Waals surface area contributed by atoms with E-state index >= 15 is 0 Å². The Labute approximate surface area is 262 Å². The minimum absolute atomic E-state index is 0.255. The molecule has 0 unspecified atom stereocenters. The fourth-order valence-electron chi connectivity index (χ4n) is 5.10. The van der Waals surface area contributed by atoms with Gasteiger partial charge in [0, 0.05) is 12.8 Å². The standard InChI is InChI=1S/C17H16F4N4O4.C9H4F4N4O2/c18-11-1-2-13(17(19,20)21)22-14(11)15-12(25(26)27)9-24(23-15)10-3-5-16(6-4-10)28-7-8-29-16;10-4-1-2-6(9(11,12)13)15-7(4)8-5(17(18)19)3-14-16-8/h1-2,9-10H,3-8H2;1-3H,(H,14,16). The van der Waals surface area contributed by atoms with Crippen LogP contribution in [0.3, 0.4) is 0 Å². The molecule has 0 amide bonds. The zero-order valence-corrected chi connectivity index (χ0v) is 23.9. The van der Waals surface area contributed by atoms with E-state index in [9.17, 15) is 55.4 Å². The number of H-pyrrole nitrogens is 1. The molecule has 4 aromatic rings. The molecule has 2 aliphatic rings. The van der Waals surface area contributed by atoms with E-state index in [4.69, 9.17) is 9.47 Å². The third-order valence-corrected chi connectivity index (χ3v) is 7.36. The van der Waals surface area contributed by atoms with Crippen molar-refractivity contribution in [3.63, 3.8) is 0 Å². The number of hydrogen-bond donors (Lipinski definition) is 1. The number of aromatic nitrogens is 6. The van der Waals surface area contributed by atoms with E-state index in [0.717, 1.165) is 12.4 Å². The van der Waals surface area contributed by atoms with Crippen molar-refractivity contribution in [3.05, 3.63) is 79.9 Å². The molecular formula is C26H20F8N8O6. The van der Waals surface area contributed by atoms with E-state index in [-0.39, 0.29) is 6.04 Å². The molecule has 5 heterocycles. The summed E-state index contributed by atoms with van der Waals surface area (Å²) in [6, 6.07) is 1.78. The maximum Gasteiger partial charge on any atom is 0.433 e. The first-order valence-corrected chi connectivity index (χ1v) is 13.7. The first kappa shape index (κ1) is 34.2. The maximum atomic E-state index is 14.2. The molecule has 14 nitrogen and oxygen atoms in total. The van der Waals surface area contributed by atoms with Gasteiger partial charge in [0.15, 0.2) is 28.8 Å². The van der Waals surface area contributed by atoms with Crippen molar-refractivity contribution in [2.75, 3.05) is 13.2 Å². The predicted molar refractivity (Wildman–Crippen MR) is 143 cm³/mol. The minimum atomic E-state index is -4.82. The van der Waals surface area contributed by atoms with Crippen molar-refractivity contribution in [3.8, 4) is 22.8 Å². The number of nitro groups is 2. The Hall–Kier alpha value is -5.12. The molecule has 256 valence electrons. The summed E-state index contributed by atoms with van der Waals surface area (Å²) in [4.78, 5) is 26.6. The second-order valence-electron chi connectivity index (χ2n) is 10.4. The van der Waals surface area contributed by atoms with Crippen molar-refractivity contribution in [2.45, 2.75) is 49.9 Å². The van der Waals surface area contributed by atoms with Gasteiger partial charge >= 0.3 is 23.7 Å². The fraction of sp³-hybridized carbons (Fsp3) is 0.385. The van der Waals surface area contributed by atoms with Crippen molar-refractivity contribution >= 4 is 11.4 Å². The average Bonchev–Trinajstić information content (AvgIpc) is 3.78. The molecule has 1 saturated carbocycles. The van der Waals surface area contributed by atoms with Gasteiger partial charge in [-0.2, -0.15) is 36.5 Å². The van der Waals surface area contributed by atoms with Gasteiger partial charge in [0.25, 0.3) is 0 Å². The number of halogens is 8. The van der Waals surface area contributed by atoms with Crippen molar-refractivity contribution in [2.24, 2.45) is 0 Å². The number of nitrogens with zero attached hydrogens (tertiary/aromatic N) is 7. The van der Waals surface area contributed by atoms with Crippen molar-refractivity contribution < 1.29 is 54.4 Å². The molecule has 0 radical (unpaired) electrons. The van der Waals surface area contributed by atoms with Crippen LogP contribution >= 0.6 is 0 Å². The van der Waals surface area contributed by atoms with E-state index < -0.39 is 85.2 Å². The number of ether oxygens (including phenoxy) is 2. The fourth-order valence-corrected chi connectivity index (χ4v) is 5.10. The summed E-state index contributed by atoms with van der Waals surface area (Å²) in [6.07, 6.45) is -5.55. The van der Waals surface area contributed by atoms with Gasteiger partial charge in [0.2, 0.25) is 0 Å². The lowest BCUT2D eigenvalue weighted by atomic mass is 9.90. The Kier molecular flexibility index (Phi) is 9.14. The smallest absolute Gasteiger partial charge is 0.348 e. The van der Waals surface area contributed by atoms with E-state index in [1.54, 1.807) is 0 Å². The third-order valence-electron chi connectivity index (χ3n) is 7.36. The average molecular weight is 692 g/mol. The van der Waals surface area contributed by atoms with Crippen molar-refractivity contribution in [1.82, 2.24) is 29.9 Å². The summed E-state index contributed by atoms with van der Waals surface area (Å²) in [5.74, 6) is -2.89. The first-order valence-electron chi connectivity index (χ1n) is 13.7. The molecule has 0 bridgehead atoms. The molecule has 1 saturated heterocycles. The Morgan fingerprint density at radius 1 is 0.812 bits per heavy atom. The second kappa shape index (κ2) is 12.8. The van der Waals surface area contributed by atoms with Crippen LogP contribution < -0.4 is 0 Å². The number of pyridine rings is 2. The van der Waals surface area contributed by atoms with Crippen LogP contribution in [0.2, 0.25) is 0 Å². The van der Waals surface area contributed by atoms with Gasteiger partial charge in [-0.05, 0) is 37.1 Å². The summed E-state index contributed by atoms with van der Waals surface area (Å²) in [5, 5.41) is 31.5. The first-order chi connectivity index (χ1) is 22.5. The predicted octanol–water partition coefficient (Wildman–Crippen LogP) is 6.41. The Morgan fingerprint density at radius 3 is 1.85 bits per heavy atom. The highest BCUT2D eigenvalue weighted by Crippen LogP contribution is 2.42. The molecule has 1 aliphatic carbocycles. The number of rotatable bonds is 5. The lowest BCUT2D eigenvalue weighted by molar-refractivity contribution is -0.384. The molecule has 6 rings (SSSR count). The van der Waals surface area contributed by atoms with Gasteiger partial charge in [-0.15, -0.1) is 0 Å². The summed E-state index contributed by atoms with van der Waals surface area (Å²) < 4.78 is 116. The van der Waals surface area contributed by atoms with Crippen LogP contribution in [0.4, 0.5) is 46.5 Å². The molecule has 1 aliphatic heterocycles. The summed E-state index contributed by atoms with van der Waals surface area (Å²) in [6.45, 7) is 1.01.